The van der Waals surface area contributed by atoms with Crippen molar-refractivity contribution in [3.8, 4) is 11.8 Å². The predicted octanol–water partition coefficient (Wildman–Crippen LogP) is 0.931. The van der Waals surface area contributed by atoms with Gasteiger partial charge in [0.15, 0.2) is 0 Å². The zero-order chi connectivity index (χ0) is 14.8. The zero-order valence-electron chi connectivity index (χ0n) is 11.2. The van der Waals surface area contributed by atoms with Gasteiger partial charge >= 0.3 is 6.01 Å². The number of hydrogen-bond acceptors (Lipinski definition) is 6. The molecule has 0 aliphatic heterocycles. The number of anilines is 1. The Morgan fingerprint density at radius 1 is 1.25 bits per heavy atom. The summed E-state index contributed by atoms with van der Waals surface area (Å²) in [5.74, 6) is 0.208. The third-order valence-electron chi connectivity index (χ3n) is 2.49. The molecule has 1 aromatic heterocycles. The number of nitrogens with one attached hydrogen (secondary N) is 2. The highest BCUT2D eigenvalue weighted by Gasteiger charge is 2.21. The third kappa shape index (κ3) is 2.82. The molecule has 0 fully saturated rings. The Balaban J connectivity index is 2.37. The Kier molecular flexibility index (Phi) is 3.79. The van der Waals surface area contributed by atoms with E-state index in [9.17, 15) is 8.42 Å². The molecule has 0 unspecified atom stereocenters. The van der Waals surface area contributed by atoms with Gasteiger partial charge in [0.1, 0.15) is 10.6 Å². The molecule has 20 heavy (non-hydrogen) atoms. The van der Waals surface area contributed by atoms with E-state index in [1.165, 1.54) is 20.3 Å². The molecule has 0 bridgehead atoms. The van der Waals surface area contributed by atoms with Crippen LogP contribution >= 0.6 is 0 Å². The number of H-pyrrole nitrogens is 1. The number of aromatic nitrogens is 3. The van der Waals surface area contributed by atoms with Crippen molar-refractivity contribution in [2.45, 2.75) is 11.8 Å². The molecule has 0 amide bonds. The Hall–Kier alpha value is -2.29. The van der Waals surface area contributed by atoms with E-state index in [0.717, 1.165) is 5.56 Å². The second kappa shape index (κ2) is 5.37. The van der Waals surface area contributed by atoms with Crippen molar-refractivity contribution in [2.75, 3.05) is 18.9 Å². The minimum absolute atomic E-state index is 0.0235. The van der Waals surface area contributed by atoms with Gasteiger partial charge in [-0.2, -0.15) is 4.98 Å². The van der Waals surface area contributed by atoms with E-state index in [2.05, 4.69) is 19.9 Å². The van der Waals surface area contributed by atoms with Crippen LogP contribution in [0.2, 0.25) is 0 Å². The fourth-order valence-corrected chi connectivity index (χ4v) is 2.77. The molecule has 0 spiro atoms. The van der Waals surface area contributed by atoms with Crippen LogP contribution in [-0.2, 0) is 10.0 Å². The monoisotopic (exact) mass is 298 g/mol. The molecule has 0 atom stereocenters. The first-order chi connectivity index (χ1) is 9.46. The van der Waals surface area contributed by atoms with Crippen LogP contribution in [0.15, 0.2) is 23.1 Å². The summed E-state index contributed by atoms with van der Waals surface area (Å²) in [4.78, 5) is 3.82. The lowest BCUT2D eigenvalue weighted by atomic mass is 10.2. The number of hydrogen-bond donors (Lipinski definition) is 2. The van der Waals surface area contributed by atoms with E-state index in [0.29, 0.717) is 0 Å². The average Bonchev–Trinajstić information content (AvgIpc) is 2.85. The quantitative estimate of drug-likeness (QED) is 0.850. The molecular formula is C11H14N4O4S. The van der Waals surface area contributed by atoms with Gasteiger partial charge in [0.05, 0.1) is 14.2 Å². The molecule has 2 aromatic rings. The fourth-order valence-electron chi connectivity index (χ4n) is 1.56. The van der Waals surface area contributed by atoms with Crippen LogP contribution in [0.25, 0.3) is 0 Å². The molecule has 0 saturated carbocycles. The Labute approximate surface area is 116 Å². The van der Waals surface area contributed by atoms with Gasteiger partial charge in [-0.3, -0.25) is 0 Å². The average molecular weight is 298 g/mol. The zero-order valence-corrected chi connectivity index (χ0v) is 12.0. The van der Waals surface area contributed by atoms with Crippen molar-refractivity contribution in [1.82, 2.24) is 15.2 Å². The van der Waals surface area contributed by atoms with Crippen molar-refractivity contribution in [3.63, 3.8) is 0 Å². The fraction of sp³-hybridized carbons (Fsp3) is 0.273. The van der Waals surface area contributed by atoms with Crippen molar-refractivity contribution >= 4 is 16.0 Å². The van der Waals surface area contributed by atoms with Crippen LogP contribution in [0.3, 0.4) is 0 Å². The van der Waals surface area contributed by atoms with Gasteiger partial charge in [-0.05, 0) is 24.6 Å². The van der Waals surface area contributed by atoms with E-state index in [-0.39, 0.29) is 22.6 Å². The first-order valence-electron chi connectivity index (χ1n) is 5.60. The Morgan fingerprint density at radius 2 is 2.00 bits per heavy atom. The molecule has 2 rings (SSSR count). The third-order valence-corrected chi connectivity index (χ3v) is 3.85. The SMILES string of the molecule is COc1n[nH]c(NS(=O)(=O)c2cc(C)ccc2OC)n1. The number of rotatable bonds is 5. The lowest BCUT2D eigenvalue weighted by molar-refractivity contribution is 0.382. The summed E-state index contributed by atoms with van der Waals surface area (Å²) >= 11 is 0. The van der Waals surface area contributed by atoms with Gasteiger partial charge in [0.25, 0.3) is 10.0 Å². The maximum atomic E-state index is 12.3. The van der Waals surface area contributed by atoms with Crippen LogP contribution in [0, 0.1) is 6.92 Å². The van der Waals surface area contributed by atoms with Gasteiger partial charge in [-0.25, -0.2) is 18.2 Å². The Morgan fingerprint density at radius 3 is 2.60 bits per heavy atom. The summed E-state index contributed by atoms with van der Waals surface area (Å²) in [6.07, 6.45) is 0. The topological polar surface area (TPSA) is 106 Å². The van der Waals surface area contributed by atoms with Crippen molar-refractivity contribution in [3.05, 3.63) is 23.8 Å². The number of ether oxygens (including phenoxy) is 2. The molecule has 1 aromatic carbocycles. The number of aromatic amines is 1. The maximum absolute atomic E-state index is 12.3. The molecule has 9 heteroatoms. The molecule has 108 valence electrons. The van der Waals surface area contributed by atoms with Crippen molar-refractivity contribution in [1.29, 1.82) is 0 Å². The molecule has 2 N–H and O–H groups in total. The second-order valence-electron chi connectivity index (χ2n) is 3.93. The standard InChI is InChI=1S/C11H14N4O4S/c1-7-4-5-8(18-2)9(6-7)20(16,17)15-10-12-11(19-3)14-13-10/h4-6H,1-3H3,(H2,12,13,14,15). The van der Waals surface area contributed by atoms with Crippen molar-refractivity contribution < 1.29 is 17.9 Å². The Bertz CT molecular complexity index is 711. The molecule has 8 nitrogen and oxygen atoms in total. The van der Waals surface area contributed by atoms with E-state index in [1.54, 1.807) is 19.1 Å². The van der Waals surface area contributed by atoms with Gasteiger partial charge in [0.2, 0.25) is 5.95 Å². The van der Waals surface area contributed by atoms with Crippen LogP contribution in [0.1, 0.15) is 5.56 Å². The largest absolute Gasteiger partial charge is 0.495 e. The van der Waals surface area contributed by atoms with Crippen LogP contribution in [-0.4, -0.2) is 37.8 Å². The molecule has 1 heterocycles. The number of aryl methyl sites for hydroxylation is 1. The number of sulfonamides is 1. The highest BCUT2D eigenvalue weighted by molar-refractivity contribution is 7.92. The van der Waals surface area contributed by atoms with Gasteiger partial charge in [-0.1, -0.05) is 6.07 Å². The number of nitrogens with zero attached hydrogens (tertiary/aromatic N) is 2. The summed E-state index contributed by atoms with van der Waals surface area (Å²) < 4.78 is 36.7. The summed E-state index contributed by atoms with van der Waals surface area (Å²) in [5.41, 5.74) is 0.793. The lowest BCUT2D eigenvalue weighted by Crippen LogP contribution is -2.15. The minimum Gasteiger partial charge on any atom is -0.495 e. The summed E-state index contributed by atoms with van der Waals surface area (Å²) in [6, 6.07) is 4.90. The number of benzene rings is 1. The minimum atomic E-state index is -3.84. The first kappa shape index (κ1) is 14.1. The van der Waals surface area contributed by atoms with Crippen LogP contribution < -0.4 is 14.2 Å². The molecule has 0 radical (unpaired) electrons. The highest BCUT2D eigenvalue weighted by Crippen LogP contribution is 2.26. The van der Waals surface area contributed by atoms with Crippen LogP contribution in [0.5, 0.6) is 11.8 Å². The van der Waals surface area contributed by atoms with Crippen LogP contribution in [0.4, 0.5) is 5.95 Å². The highest BCUT2D eigenvalue weighted by atomic mass is 32.2. The predicted molar refractivity (Wildman–Crippen MR) is 71.5 cm³/mol. The molecule has 0 aliphatic rings. The lowest BCUT2D eigenvalue weighted by Gasteiger charge is -2.10. The molecule has 0 saturated heterocycles. The maximum Gasteiger partial charge on any atom is 0.336 e. The van der Waals surface area contributed by atoms with E-state index in [1.807, 2.05) is 0 Å². The molecular weight excluding hydrogens is 284 g/mol. The molecule has 0 aliphatic carbocycles. The van der Waals surface area contributed by atoms with Gasteiger partial charge in [0, 0.05) is 0 Å². The summed E-state index contributed by atoms with van der Waals surface area (Å²) in [7, 11) is -1.05. The second-order valence-corrected chi connectivity index (χ2v) is 5.58. The first-order valence-corrected chi connectivity index (χ1v) is 7.08. The van der Waals surface area contributed by atoms with E-state index in [4.69, 9.17) is 9.47 Å². The summed E-state index contributed by atoms with van der Waals surface area (Å²) in [6.45, 7) is 1.79. The van der Waals surface area contributed by atoms with Gasteiger partial charge < -0.3 is 9.47 Å². The summed E-state index contributed by atoms with van der Waals surface area (Å²) in [5, 5.41) is 6.07. The number of methoxy groups -OCH3 is 2. The van der Waals surface area contributed by atoms with E-state index < -0.39 is 10.0 Å². The van der Waals surface area contributed by atoms with Crippen molar-refractivity contribution in [2.24, 2.45) is 0 Å². The van der Waals surface area contributed by atoms with E-state index >= 15 is 0 Å². The normalized spacial score (nSPS) is 11.2. The van der Waals surface area contributed by atoms with Gasteiger partial charge in [-0.15, -0.1) is 5.10 Å². The smallest absolute Gasteiger partial charge is 0.336 e.